The number of unbranched alkanes of at least 4 members (excludes halogenated alkanes) is 1. The van der Waals surface area contributed by atoms with Gasteiger partial charge in [-0.05, 0) is 43.6 Å². The average molecular weight is 415 g/mol. The topological polar surface area (TPSA) is 105 Å². The molecule has 0 unspecified atom stereocenters. The largest absolute Gasteiger partial charge is 0.481 e. The minimum absolute atomic E-state index is 0.132. The van der Waals surface area contributed by atoms with Crippen molar-refractivity contribution in [1.82, 2.24) is 10.6 Å². The monoisotopic (exact) mass is 414 g/mol. The molecule has 4 atom stereocenters. The van der Waals surface area contributed by atoms with Crippen LogP contribution in [0.4, 0.5) is 0 Å². The zero-order chi connectivity index (χ0) is 21.3. The summed E-state index contributed by atoms with van der Waals surface area (Å²) in [7, 11) is 0. The molecule has 2 aliphatic rings. The van der Waals surface area contributed by atoms with Crippen molar-refractivity contribution in [2.45, 2.75) is 57.3 Å². The first-order valence-corrected chi connectivity index (χ1v) is 10.7. The van der Waals surface area contributed by atoms with Crippen molar-refractivity contribution in [3.05, 3.63) is 48.0 Å². The maximum absolute atomic E-state index is 12.2. The highest BCUT2D eigenvalue weighted by atomic mass is 16.5. The Morgan fingerprint density at radius 3 is 2.43 bits per heavy atom. The van der Waals surface area contributed by atoms with Crippen LogP contribution in [0.1, 0.15) is 44.1 Å². The summed E-state index contributed by atoms with van der Waals surface area (Å²) in [5.41, 5.74) is 0.940. The van der Waals surface area contributed by atoms with Gasteiger partial charge in [0, 0.05) is 25.4 Å². The number of rotatable bonds is 10. The molecule has 1 aromatic rings. The van der Waals surface area contributed by atoms with Crippen LogP contribution in [-0.4, -0.2) is 41.6 Å². The third-order valence-corrected chi connectivity index (χ3v) is 5.93. The molecule has 1 aromatic carbocycles. The Balaban J connectivity index is 1.42. The lowest BCUT2D eigenvalue weighted by atomic mass is 9.77. The van der Waals surface area contributed by atoms with E-state index in [9.17, 15) is 14.4 Å². The van der Waals surface area contributed by atoms with Crippen molar-refractivity contribution < 1.29 is 24.2 Å². The van der Waals surface area contributed by atoms with Gasteiger partial charge in [0.05, 0.1) is 12.2 Å². The molecule has 2 aliphatic heterocycles. The predicted octanol–water partition coefficient (Wildman–Crippen LogP) is 2.41. The zero-order valence-electron chi connectivity index (χ0n) is 17.1. The van der Waals surface area contributed by atoms with Crippen molar-refractivity contribution in [2.24, 2.45) is 11.8 Å². The molecule has 7 heteroatoms. The summed E-state index contributed by atoms with van der Waals surface area (Å²) < 4.78 is 6.04. The van der Waals surface area contributed by atoms with Gasteiger partial charge in [-0.25, -0.2) is 0 Å². The number of carboxylic acids is 1. The second-order valence-electron chi connectivity index (χ2n) is 7.99. The van der Waals surface area contributed by atoms with Gasteiger partial charge in [0.25, 0.3) is 0 Å². The van der Waals surface area contributed by atoms with Crippen molar-refractivity contribution >= 4 is 17.8 Å². The smallest absolute Gasteiger partial charge is 0.309 e. The summed E-state index contributed by atoms with van der Waals surface area (Å²) in [6, 6.07) is 9.46. The normalized spacial score (nSPS) is 24.8. The van der Waals surface area contributed by atoms with Crippen LogP contribution in [0.3, 0.4) is 0 Å². The maximum Gasteiger partial charge on any atom is 0.309 e. The van der Waals surface area contributed by atoms with Crippen LogP contribution < -0.4 is 10.6 Å². The molecule has 30 heavy (non-hydrogen) atoms. The number of fused-ring (bicyclic) bond motifs is 2. The first kappa shape index (κ1) is 22.0. The Bertz CT molecular complexity index is 764. The van der Waals surface area contributed by atoms with E-state index in [1.165, 1.54) is 0 Å². The van der Waals surface area contributed by atoms with Crippen LogP contribution in [0.25, 0.3) is 0 Å². The van der Waals surface area contributed by atoms with E-state index in [1.54, 1.807) is 0 Å². The molecule has 0 radical (unpaired) electrons. The molecule has 0 aliphatic carbocycles. The van der Waals surface area contributed by atoms with Crippen LogP contribution in [0.15, 0.2) is 42.5 Å². The quantitative estimate of drug-likeness (QED) is 0.310. The number of aliphatic carboxylic acids is 1. The Labute approximate surface area is 176 Å². The third-order valence-electron chi connectivity index (χ3n) is 5.93. The molecule has 3 N–H and O–H groups in total. The van der Waals surface area contributed by atoms with E-state index in [1.807, 2.05) is 36.4 Å². The molecular formula is C23H30N2O5. The number of amides is 2. The van der Waals surface area contributed by atoms with Crippen LogP contribution >= 0.6 is 0 Å². The van der Waals surface area contributed by atoms with Gasteiger partial charge in [0.15, 0.2) is 0 Å². The summed E-state index contributed by atoms with van der Waals surface area (Å²) in [5.74, 6) is -1.51. The number of hydrogen-bond acceptors (Lipinski definition) is 4. The highest BCUT2D eigenvalue weighted by Gasteiger charge is 2.48. The second-order valence-corrected chi connectivity index (χ2v) is 7.99. The summed E-state index contributed by atoms with van der Waals surface area (Å²) in [5, 5.41) is 14.1. The number of nitrogens with one attached hydrogen (secondary N) is 2. The number of benzene rings is 1. The number of carboxylic acid groups (broad SMARTS) is 1. The molecule has 2 saturated heterocycles. The lowest BCUT2D eigenvalue weighted by Gasteiger charge is -2.27. The fourth-order valence-corrected chi connectivity index (χ4v) is 4.37. The Morgan fingerprint density at radius 1 is 1.00 bits per heavy atom. The Hall–Kier alpha value is -2.67. The van der Waals surface area contributed by atoms with Gasteiger partial charge in [-0.15, -0.1) is 0 Å². The highest BCUT2D eigenvalue weighted by molar-refractivity contribution is 6.35. The molecule has 0 spiro atoms. The molecule has 162 valence electrons. The number of carbonyl (C=O) groups excluding carboxylic acids is 2. The van der Waals surface area contributed by atoms with Gasteiger partial charge < -0.3 is 20.5 Å². The molecule has 2 fully saturated rings. The first-order valence-electron chi connectivity index (χ1n) is 10.7. The van der Waals surface area contributed by atoms with Crippen LogP contribution in [0.5, 0.6) is 0 Å². The summed E-state index contributed by atoms with van der Waals surface area (Å²) >= 11 is 0. The third kappa shape index (κ3) is 6.16. The Morgan fingerprint density at radius 2 is 1.70 bits per heavy atom. The lowest BCUT2D eigenvalue weighted by Crippen LogP contribution is -2.44. The van der Waals surface area contributed by atoms with E-state index in [-0.39, 0.29) is 24.5 Å². The summed E-state index contributed by atoms with van der Waals surface area (Å²) in [4.78, 5) is 34.8. The fourth-order valence-electron chi connectivity index (χ4n) is 4.37. The molecule has 3 rings (SSSR count). The standard InChI is InChI=1S/C23H30N2O5/c26-21(27)11-7-2-1-6-10-17-18(20-13-12-19(17)30-20)15-25-23(29)22(28)24-14-16-8-4-3-5-9-16/h1,3-6,8-9,17-20H,2,7,10-15H2,(H,24,28)(H,25,29)(H,26,27)/b6-1-/t17-,18+,19-,20+/m1/s1. The molecule has 2 amide bonds. The van der Waals surface area contributed by atoms with E-state index < -0.39 is 17.8 Å². The van der Waals surface area contributed by atoms with Gasteiger partial charge >= 0.3 is 17.8 Å². The van der Waals surface area contributed by atoms with E-state index in [2.05, 4.69) is 16.7 Å². The van der Waals surface area contributed by atoms with Gasteiger partial charge in [-0.3, -0.25) is 14.4 Å². The van der Waals surface area contributed by atoms with Crippen LogP contribution in [0.2, 0.25) is 0 Å². The predicted molar refractivity (Wildman–Crippen MR) is 111 cm³/mol. The van der Waals surface area contributed by atoms with Crippen molar-refractivity contribution in [3.63, 3.8) is 0 Å². The maximum atomic E-state index is 12.2. The highest BCUT2D eigenvalue weighted by Crippen LogP contribution is 2.44. The minimum atomic E-state index is -0.770. The lowest BCUT2D eigenvalue weighted by molar-refractivity contribution is -0.139. The molecule has 0 saturated carbocycles. The van der Waals surface area contributed by atoms with Crippen LogP contribution in [-0.2, 0) is 25.7 Å². The SMILES string of the molecule is O=C(O)CCC/C=C\C[C@@H]1[C@H](CNC(=O)C(=O)NCc2ccccc2)[C@@H]2CC[C@H]1O2. The molecular weight excluding hydrogens is 384 g/mol. The number of ether oxygens (including phenoxy) is 1. The molecule has 2 bridgehead atoms. The van der Waals surface area contributed by atoms with E-state index in [0.717, 1.165) is 31.2 Å². The fraction of sp³-hybridized carbons (Fsp3) is 0.522. The number of hydrogen-bond donors (Lipinski definition) is 3. The van der Waals surface area contributed by atoms with Crippen molar-refractivity contribution in [1.29, 1.82) is 0 Å². The van der Waals surface area contributed by atoms with Crippen LogP contribution in [0, 0.1) is 11.8 Å². The number of allylic oxidation sites excluding steroid dienone is 2. The van der Waals surface area contributed by atoms with E-state index in [4.69, 9.17) is 9.84 Å². The zero-order valence-corrected chi connectivity index (χ0v) is 17.1. The number of carbonyl (C=O) groups is 3. The average Bonchev–Trinajstić information content (AvgIpc) is 3.35. The van der Waals surface area contributed by atoms with Gasteiger partial charge in [-0.2, -0.15) is 0 Å². The minimum Gasteiger partial charge on any atom is -0.481 e. The van der Waals surface area contributed by atoms with E-state index in [0.29, 0.717) is 25.4 Å². The second kappa shape index (κ2) is 10.9. The van der Waals surface area contributed by atoms with Gasteiger partial charge in [0.2, 0.25) is 0 Å². The molecule has 0 aromatic heterocycles. The molecule has 2 heterocycles. The summed E-state index contributed by atoms with van der Waals surface area (Å²) in [6.45, 7) is 0.746. The Kier molecular flexibility index (Phi) is 8.02. The van der Waals surface area contributed by atoms with Crippen molar-refractivity contribution in [3.8, 4) is 0 Å². The first-order chi connectivity index (χ1) is 14.5. The summed E-state index contributed by atoms with van der Waals surface area (Å²) in [6.07, 6.45) is 8.89. The van der Waals surface area contributed by atoms with Crippen molar-refractivity contribution in [2.75, 3.05) is 6.54 Å². The molecule has 7 nitrogen and oxygen atoms in total. The van der Waals surface area contributed by atoms with Gasteiger partial charge in [-0.1, -0.05) is 42.5 Å². The van der Waals surface area contributed by atoms with E-state index >= 15 is 0 Å². The van der Waals surface area contributed by atoms with Gasteiger partial charge in [0.1, 0.15) is 0 Å².